The molecular formula is C21H25N3O. The lowest BCUT2D eigenvalue weighted by molar-refractivity contribution is -0.0405. The van der Waals surface area contributed by atoms with Crippen LogP contribution < -0.4 is 5.32 Å². The molecule has 0 radical (unpaired) electrons. The van der Waals surface area contributed by atoms with Crippen molar-refractivity contribution in [1.29, 1.82) is 5.26 Å². The van der Waals surface area contributed by atoms with Gasteiger partial charge in [0, 0.05) is 23.7 Å². The van der Waals surface area contributed by atoms with Gasteiger partial charge in [-0.05, 0) is 45.2 Å². The summed E-state index contributed by atoms with van der Waals surface area (Å²) in [6, 6.07) is 12.9. The molecule has 1 N–H and O–H groups in total. The van der Waals surface area contributed by atoms with E-state index in [1.54, 1.807) is 0 Å². The van der Waals surface area contributed by atoms with Crippen molar-refractivity contribution in [2.45, 2.75) is 58.8 Å². The summed E-state index contributed by atoms with van der Waals surface area (Å²) in [6.07, 6.45) is 1.62. The Labute approximate surface area is 149 Å². The first kappa shape index (κ1) is 17.4. The highest BCUT2D eigenvalue weighted by atomic mass is 16.5. The van der Waals surface area contributed by atoms with E-state index in [1.165, 1.54) is 5.56 Å². The van der Waals surface area contributed by atoms with Crippen LogP contribution in [0.2, 0.25) is 0 Å². The third-order valence-corrected chi connectivity index (χ3v) is 4.71. The van der Waals surface area contributed by atoms with Gasteiger partial charge in [0.25, 0.3) is 0 Å². The maximum atomic E-state index is 9.77. The topological polar surface area (TPSA) is 57.9 Å². The highest BCUT2D eigenvalue weighted by Crippen LogP contribution is 2.34. The van der Waals surface area contributed by atoms with Gasteiger partial charge in [-0.3, -0.25) is 0 Å². The van der Waals surface area contributed by atoms with E-state index in [1.807, 2.05) is 25.1 Å². The summed E-state index contributed by atoms with van der Waals surface area (Å²) < 4.78 is 5.90. The second-order valence-corrected chi connectivity index (χ2v) is 7.45. The normalized spacial score (nSPS) is 16.6. The second-order valence-electron chi connectivity index (χ2n) is 7.45. The van der Waals surface area contributed by atoms with E-state index in [-0.39, 0.29) is 11.6 Å². The number of hydrogen-bond donors (Lipinski definition) is 1. The van der Waals surface area contributed by atoms with Gasteiger partial charge in [0.05, 0.1) is 17.8 Å². The monoisotopic (exact) mass is 335 g/mol. The van der Waals surface area contributed by atoms with Gasteiger partial charge in [-0.15, -0.1) is 0 Å². The third-order valence-electron chi connectivity index (χ3n) is 4.71. The zero-order valence-electron chi connectivity index (χ0n) is 15.4. The molecule has 130 valence electrons. The first-order valence-electron chi connectivity index (χ1n) is 8.76. The average Bonchev–Trinajstić information content (AvgIpc) is 2.55. The maximum absolute atomic E-state index is 9.77. The van der Waals surface area contributed by atoms with Crippen LogP contribution >= 0.6 is 0 Å². The lowest BCUT2D eigenvalue weighted by Crippen LogP contribution is -2.33. The number of ether oxygens (including phenoxy) is 1. The van der Waals surface area contributed by atoms with Crippen LogP contribution in [0.5, 0.6) is 0 Å². The van der Waals surface area contributed by atoms with Crippen molar-refractivity contribution >= 4 is 5.82 Å². The smallest absolute Gasteiger partial charge is 0.144 e. The lowest BCUT2D eigenvalue weighted by atomic mass is 9.88. The predicted molar refractivity (Wildman–Crippen MR) is 99.5 cm³/mol. The molecule has 1 aromatic carbocycles. The minimum absolute atomic E-state index is 0.187. The Morgan fingerprint density at radius 1 is 1.28 bits per heavy atom. The number of aromatic nitrogens is 1. The molecule has 1 aromatic heterocycles. The Kier molecular flexibility index (Phi) is 4.78. The molecule has 2 aromatic rings. The van der Waals surface area contributed by atoms with Crippen molar-refractivity contribution < 1.29 is 4.74 Å². The quantitative estimate of drug-likeness (QED) is 0.911. The minimum atomic E-state index is -0.251. The number of nitriles is 1. The van der Waals surface area contributed by atoms with Crippen LogP contribution in [0.4, 0.5) is 5.82 Å². The summed E-state index contributed by atoms with van der Waals surface area (Å²) in [5, 5.41) is 13.2. The molecule has 0 spiro atoms. The first-order valence-corrected chi connectivity index (χ1v) is 8.76. The number of pyridine rings is 1. The molecule has 0 aliphatic carbocycles. The fourth-order valence-corrected chi connectivity index (χ4v) is 3.41. The van der Waals surface area contributed by atoms with E-state index in [4.69, 9.17) is 4.74 Å². The number of anilines is 1. The van der Waals surface area contributed by atoms with Crippen molar-refractivity contribution in [3.8, 4) is 6.07 Å². The molecule has 1 unspecified atom stereocenters. The molecule has 2 heterocycles. The van der Waals surface area contributed by atoms with Crippen molar-refractivity contribution in [1.82, 2.24) is 4.98 Å². The highest BCUT2D eigenvalue weighted by Gasteiger charge is 2.31. The van der Waals surface area contributed by atoms with Crippen LogP contribution in [-0.4, -0.2) is 16.6 Å². The molecular weight excluding hydrogens is 310 g/mol. The minimum Gasteiger partial charge on any atom is -0.370 e. The molecule has 0 saturated heterocycles. The number of rotatable bonds is 4. The largest absolute Gasteiger partial charge is 0.370 e. The van der Waals surface area contributed by atoms with Gasteiger partial charge >= 0.3 is 0 Å². The van der Waals surface area contributed by atoms with E-state index in [0.717, 1.165) is 29.7 Å². The SMILES string of the molecule is Cc1nc(NC(C)Cc2ccccc2)c(C#N)c2c1COC(C)(C)C2. The summed E-state index contributed by atoms with van der Waals surface area (Å²) >= 11 is 0. The van der Waals surface area contributed by atoms with Crippen LogP contribution in [0.1, 0.15) is 48.7 Å². The van der Waals surface area contributed by atoms with Crippen LogP contribution in [0.3, 0.4) is 0 Å². The molecule has 4 nitrogen and oxygen atoms in total. The Balaban J connectivity index is 1.89. The summed E-state index contributed by atoms with van der Waals surface area (Å²) in [5.41, 5.74) is 4.78. The summed E-state index contributed by atoms with van der Waals surface area (Å²) in [6.45, 7) is 8.78. The van der Waals surface area contributed by atoms with Gasteiger partial charge in [-0.2, -0.15) is 5.26 Å². The number of fused-ring (bicyclic) bond motifs is 1. The van der Waals surface area contributed by atoms with Crippen molar-refractivity contribution in [3.05, 3.63) is 58.3 Å². The van der Waals surface area contributed by atoms with Gasteiger partial charge in [-0.1, -0.05) is 30.3 Å². The molecule has 25 heavy (non-hydrogen) atoms. The van der Waals surface area contributed by atoms with E-state index in [2.05, 4.69) is 49.3 Å². The van der Waals surface area contributed by atoms with Crippen molar-refractivity contribution in [3.63, 3.8) is 0 Å². The molecule has 0 amide bonds. The fourth-order valence-electron chi connectivity index (χ4n) is 3.41. The first-order chi connectivity index (χ1) is 11.9. The number of nitrogens with zero attached hydrogens (tertiary/aromatic N) is 2. The standard InChI is InChI=1S/C21H25N3O/c1-14(10-16-8-6-5-7-9-16)23-20-18(12-22)17-11-21(3,4)25-13-19(17)15(2)24-20/h5-9,14H,10-11,13H2,1-4H3,(H,23,24). The Morgan fingerprint density at radius 3 is 2.68 bits per heavy atom. The predicted octanol–water partition coefficient (Wildman–Crippen LogP) is 4.16. The highest BCUT2D eigenvalue weighted by molar-refractivity contribution is 5.60. The molecule has 0 fully saturated rings. The zero-order valence-corrected chi connectivity index (χ0v) is 15.4. The van der Waals surface area contributed by atoms with E-state index in [9.17, 15) is 5.26 Å². The number of aryl methyl sites for hydroxylation is 1. The van der Waals surface area contributed by atoms with Gasteiger partial charge in [0.1, 0.15) is 11.9 Å². The molecule has 0 saturated carbocycles. The molecule has 3 rings (SSSR count). The van der Waals surface area contributed by atoms with Gasteiger partial charge < -0.3 is 10.1 Å². The molecule has 1 atom stereocenters. The Bertz CT molecular complexity index is 806. The Morgan fingerprint density at radius 2 is 2.00 bits per heavy atom. The molecule has 0 bridgehead atoms. The van der Waals surface area contributed by atoms with Gasteiger partial charge in [0.2, 0.25) is 0 Å². The summed E-state index contributed by atoms with van der Waals surface area (Å²) in [5.74, 6) is 0.694. The third kappa shape index (κ3) is 3.83. The van der Waals surface area contributed by atoms with E-state index < -0.39 is 0 Å². The molecule has 1 aliphatic heterocycles. The van der Waals surface area contributed by atoms with Gasteiger partial charge in [0.15, 0.2) is 0 Å². The lowest BCUT2D eigenvalue weighted by Gasteiger charge is -2.33. The van der Waals surface area contributed by atoms with Crippen molar-refractivity contribution in [2.75, 3.05) is 5.32 Å². The molecule has 1 aliphatic rings. The average molecular weight is 335 g/mol. The fraction of sp³-hybridized carbons (Fsp3) is 0.429. The number of benzene rings is 1. The van der Waals surface area contributed by atoms with Crippen LogP contribution in [0.25, 0.3) is 0 Å². The van der Waals surface area contributed by atoms with Crippen LogP contribution in [0.15, 0.2) is 30.3 Å². The van der Waals surface area contributed by atoms with E-state index >= 15 is 0 Å². The van der Waals surface area contributed by atoms with Crippen molar-refractivity contribution in [2.24, 2.45) is 0 Å². The van der Waals surface area contributed by atoms with Crippen LogP contribution in [0, 0.1) is 18.3 Å². The maximum Gasteiger partial charge on any atom is 0.144 e. The van der Waals surface area contributed by atoms with Crippen LogP contribution in [-0.2, 0) is 24.2 Å². The number of nitrogens with one attached hydrogen (secondary N) is 1. The summed E-state index contributed by atoms with van der Waals surface area (Å²) in [4.78, 5) is 4.67. The van der Waals surface area contributed by atoms with Gasteiger partial charge in [-0.25, -0.2) is 4.98 Å². The van der Waals surface area contributed by atoms with E-state index in [0.29, 0.717) is 18.0 Å². The molecule has 4 heteroatoms. The second kappa shape index (κ2) is 6.85. The zero-order chi connectivity index (χ0) is 18.0. The number of hydrogen-bond acceptors (Lipinski definition) is 4. The Hall–Kier alpha value is -2.38. The summed E-state index contributed by atoms with van der Waals surface area (Å²) in [7, 11) is 0.